The van der Waals surface area contributed by atoms with Crippen LogP contribution in [0.1, 0.15) is 17.9 Å². The van der Waals surface area contributed by atoms with E-state index in [0.29, 0.717) is 5.69 Å². The van der Waals surface area contributed by atoms with Crippen LogP contribution in [0.4, 0.5) is 4.39 Å². The fourth-order valence-corrected chi connectivity index (χ4v) is 2.56. The number of nitrogens with two attached hydrogens (primary N) is 1. The van der Waals surface area contributed by atoms with Gasteiger partial charge < -0.3 is 11.1 Å². The molecule has 2 heterocycles. The molecule has 1 aliphatic heterocycles. The van der Waals surface area contributed by atoms with Crippen LogP contribution < -0.4 is 16.6 Å². The highest BCUT2D eigenvalue weighted by Gasteiger charge is 2.20. The van der Waals surface area contributed by atoms with Crippen molar-refractivity contribution in [2.75, 3.05) is 20.1 Å². The maximum absolute atomic E-state index is 14.2. The van der Waals surface area contributed by atoms with Gasteiger partial charge in [-0.2, -0.15) is 0 Å². The Morgan fingerprint density at radius 1 is 1.29 bits per heavy atom. The number of rotatable bonds is 2. The summed E-state index contributed by atoms with van der Waals surface area (Å²) in [6.07, 6.45) is 2.61. The van der Waals surface area contributed by atoms with Crippen LogP contribution in [-0.4, -0.2) is 24.7 Å². The minimum absolute atomic E-state index is 0.155. The monoisotopic (exact) mass is 289 g/mol. The van der Waals surface area contributed by atoms with Crippen molar-refractivity contribution >= 4 is 0 Å². The minimum Gasteiger partial charge on any atom is -0.333 e. The molecule has 3 rings (SSSR count). The van der Waals surface area contributed by atoms with Gasteiger partial charge in [0.2, 0.25) is 0 Å². The quantitative estimate of drug-likeness (QED) is 0.883. The molecule has 1 aliphatic rings. The van der Waals surface area contributed by atoms with E-state index in [1.165, 1.54) is 23.7 Å². The van der Waals surface area contributed by atoms with Gasteiger partial charge in [-0.25, -0.2) is 4.39 Å². The molecular weight excluding hydrogens is 269 g/mol. The van der Waals surface area contributed by atoms with Crippen LogP contribution in [0.25, 0.3) is 5.69 Å². The molecule has 0 amide bonds. The van der Waals surface area contributed by atoms with E-state index in [1.807, 2.05) is 0 Å². The summed E-state index contributed by atoms with van der Waals surface area (Å²) in [5.74, 6) is 0.00324. The van der Waals surface area contributed by atoms with Crippen molar-refractivity contribution in [1.29, 1.82) is 0 Å². The molecule has 4 nitrogen and oxygen atoms in total. The van der Waals surface area contributed by atoms with Gasteiger partial charge in [0.25, 0.3) is 5.56 Å². The minimum atomic E-state index is -0.234. The number of hydrogen-bond donors (Lipinski definition) is 2. The van der Waals surface area contributed by atoms with Gasteiger partial charge in [0.1, 0.15) is 5.82 Å². The van der Waals surface area contributed by atoms with Gasteiger partial charge in [0.15, 0.2) is 0 Å². The Balaban J connectivity index is 0.000000774. The number of pyridine rings is 1. The zero-order valence-electron chi connectivity index (χ0n) is 12.1. The third-order valence-corrected chi connectivity index (χ3v) is 3.58. The van der Waals surface area contributed by atoms with Crippen LogP contribution in [-0.2, 0) is 0 Å². The molecule has 1 fully saturated rings. The highest BCUT2D eigenvalue weighted by molar-refractivity contribution is 5.37. The van der Waals surface area contributed by atoms with Crippen LogP contribution in [0.15, 0.2) is 47.4 Å². The van der Waals surface area contributed by atoms with E-state index >= 15 is 0 Å². The molecule has 5 heteroatoms. The number of nitrogens with zero attached hydrogens (tertiary/aromatic N) is 1. The molecule has 1 aromatic carbocycles. The third-order valence-electron chi connectivity index (χ3n) is 3.58. The second kappa shape index (κ2) is 7.15. The molecule has 1 atom stereocenters. The Hall–Kier alpha value is -1.98. The lowest BCUT2D eigenvalue weighted by atomic mass is 9.97. The van der Waals surface area contributed by atoms with Crippen molar-refractivity contribution in [3.05, 3.63) is 64.3 Å². The standard InChI is InChI=1S/C15H15FN2O.CH5N/c16-14-9-12(18-8-2-1-3-15(18)19)4-5-13(14)11-6-7-17-10-11;1-2/h1-5,8-9,11,17H,6-7,10H2;2H2,1H3. The first-order valence-electron chi connectivity index (χ1n) is 7.01. The number of aromatic nitrogens is 1. The van der Waals surface area contributed by atoms with Crippen molar-refractivity contribution in [2.45, 2.75) is 12.3 Å². The summed E-state index contributed by atoms with van der Waals surface area (Å²) in [6.45, 7) is 1.76. The van der Waals surface area contributed by atoms with Crippen molar-refractivity contribution in [2.24, 2.45) is 5.73 Å². The van der Waals surface area contributed by atoms with Crippen LogP contribution >= 0.6 is 0 Å². The van der Waals surface area contributed by atoms with E-state index < -0.39 is 0 Å². The van der Waals surface area contributed by atoms with Gasteiger partial charge >= 0.3 is 0 Å². The molecule has 0 bridgehead atoms. The molecule has 3 N–H and O–H groups in total. The molecule has 0 aliphatic carbocycles. The van der Waals surface area contributed by atoms with Crippen molar-refractivity contribution < 1.29 is 4.39 Å². The van der Waals surface area contributed by atoms with Crippen LogP contribution in [0, 0.1) is 5.82 Å². The average molecular weight is 289 g/mol. The zero-order valence-corrected chi connectivity index (χ0v) is 12.1. The number of nitrogens with one attached hydrogen (secondary N) is 1. The molecule has 21 heavy (non-hydrogen) atoms. The fraction of sp³-hybridized carbons (Fsp3) is 0.312. The second-order valence-electron chi connectivity index (χ2n) is 4.80. The fourth-order valence-electron chi connectivity index (χ4n) is 2.56. The third kappa shape index (κ3) is 3.37. The molecule has 1 aromatic heterocycles. The highest BCUT2D eigenvalue weighted by Crippen LogP contribution is 2.26. The number of halogens is 1. The van der Waals surface area contributed by atoms with Crippen molar-refractivity contribution in [3.63, 3.8) is 0 Å². The molecule has 0 radical (unpaired) electrons. The molecule has 2 aromatic rings. The van der Waals surface area contributed by atoms with Gasteiger partial charge in [0, 0.05) is 24.7 Å². The SMILES string of the molecule is CN.O=c1ccccn1-c1ccc(C2CCNC2)c(F)c1. The zero-order chi connectivity index (χ0) is 15.2. The van der Waals surface area contributed by atoms with Gasteiger partial charge in [-0.1, -0.05) is 12.1 Å². The van der Waals surface area contributed by atoms with E-state index in [2.05, 4.69) is 11.1 Å². The Morgan fingerprint density at radius 2 is 2.10 bits per heavy atom. The van der Waals surface area contributed by atoms with Gasteiger partial charge in [-0.05, 0) is 43.8 Å². The summed E-state index contributed by atoms with van der Waals surface area (Å²) in [6, 6.07) is 9.93. The Labute approximate surface area is 123 Å². The van der Waals surface area contributed by atoms with Crippen LogP contribution in [0.5, 0.6) is 0 Å². The van der Waals surface area contributed by atoms with Gasteiger partial charge in [-0.15, -0.1) is 0 Å². The molecule has 0 spiro atoms. The van der Waals surface area contributed by atoms with E-state index in [-0.39, 0.29) is 17.3 Å². The lowest BCUT2D eigenvalue weighted by Crippen LogP contribution is -2.16. The summed E-state index contributed by atoms with van der Waals surface area (Å²) in [5, 5.41) is 3.23. The predicted octanol–water partition coefficient (Wildman–Crippen LogP) is 1.63. The van der Waals surface area contributed by atoms with Crippen molar-refractivity contribution in [1.82, 2.24) is 9.88 Å². The highest BCUT2D eigenvalue weighted by atomic mass is 19.1. The lowest BCUT2D eigenvalue weighted by Gasteiger charge is -2.12. The largest absolute Gasteiger partial charge is 0.333 e. The Bertz CT molecular complexity index is 648. The molecular formula is C16H20FN3O. The lowest BCUT2D eigenvalue weighted by molar-refractivity contribution is 0.587. The maximum Gasteiger partial charge on any atom is 0.255 e. The van der Waals surface area contributed by atoms with E-state index in [4.69, 9.17) is 0 Å². The first kappa shape index (κ1) is 15.4. The number of hydrogen-bond acceptors (Lipinski definition) is 3. The van der Waals surface area contributed by atoms with Crippen LogP contribution in [0.3, 0.4) is 0 Å². The normalized spacial score (nSPS) is 17.2. The topological polar surface area (TPSA) is 60.1 Å². The maximum atomic E-state index is 14.2. The molecule has 1 unspecified atom stereocenters. The van der Waals surface area contributed by atoms with E-state index in [9.17, 15) is 9.18 Å². The summed E-state index contributed by atoms with van der Waals surface area (Å²) in [5.41, 5.74) is 5.65. The second-order valence-corrected chi connectivity index (χ2v) is 4.80. The first-order chi connectivity index (χ1) is 10.3. The van der Waals surface area contributed by atoms with Gasteiger partial charge in [-0.3, -0.25) is 9.36 Å². The Kier molecular flexibility index (Phi) is 5.25. The first-order valence-corrected chi connectivity index (χ1v) is 7.01. The molecule has 1 saturated heterocycles. The molecule has 112 valence electrons. The van der Waals surface area contributed by atoms with E-state index in [1.54, 1.807) is 30.5 Å². The van der Waals surface area contributed by atoms with Crippen LogP contribution in [0.2, 0.25) is 0 Å². The van der Waals surface area contributed by atoms with Crippen molar-refractivity contribution in [3.8, 4) is 5.69 Å². The average Bonchev–Trinajstić information content (AvgIpc) is 3.04. The predicted molar refractivity (Wildman–Crippen MR) is 82.3 cm³/mol. The smallest absolute Gasteiger partial charge is 0.255 e. The molecule has 0 saturated carbocycles. The number of benzene rings is 1. The summed E-state index contributed by atoms with van der Waals surface area (Å²) in [4.78, 5) is 11.7. The summed E-state index contributed by atoms with van der Waals surface area (Å²) < 4.78 is 15.6. The summed E-state index contributed by atoms with van der Waals surface area (Å²) >= 11 is 0. The van der Waals surface area contributed by atoms with Gasteiger partial charge in [0.05, 0.1) is 5.69 Å². The Morgan fingerprint density at radius 3 is 2.71 bits per heavy atom. The van der Waals surface area contributed by atoms with E-state index in [0.717, 1.165) is 25.1 Å². The summed E-state index contributed by atoms with van der Waals surface area (Å²) in [7, 11) is 1.50.